The van der Waals surface area contributed by atoms with Crippen LogP contribution in [0.3, 0.4) is 0 Å². The molecular formula is C19H28N2O. The summed E-state index contributed by atoms with van der Waals surface area (Å²) in [5.74, 6) is 0.0833. The molecule has 1 aromatic carbocycles. The molecule has 1 aliphatic heterocycles. The Morgan fingerprint density at radius 1 is 1.14 bits per heavy atom. The van der Waals surface area contributed by atoms with Crippen LogP contribution < -0.4 is 5.73 Å². The number of rotatable bonds is 3. The number of likely N-dealkylation sites (tertiary alicyclic amines) is 1. The summed E-state index contributed by atoms with van der Waals surface area (Å²) >= 11 is 0. The fourth-order valence-electron chi connectivity index (χ4n) is 4.24. The number of nitrogens with zero attached hydrogens (tertiary/aromatic N) is 1. The molecule has 1 aromatic rings. The molecule has 1 amide bonds. The minimum atomic E-state index is -0.211. The van der Waals surface area contributed by atoms with Crippen LogP contribution in [-0.2, 0) is 4.79 Å². The van der Waals surface area contributed by atoms with E-state index in [2.05, 4.69) is 4.90 Å². The Hall–Kier alpha value is -1.35. The third-order valence-electron chi connectivity index (χ3n) is 5.78. The van der Waals surface area contributed by atoms with E-state index in [-0.39, 0.29) is 17.9 Å². The minimum Gasteiger partial charge on any atom is -0.342 e. The average Bonchev–Trinajstić information content (AvgIpc) is 2.97. The topological polar surface area (TPSA) is 46.3 Å². The lowest BCUT2D eigenvalue weighted by Gasteiger charge is -2.34. The summed E-state index contributed by atoms with van der Waals surface area (Å²) in [5.41, 5.74) is 7.80. The molecule has 2 aliphatic rings. The Bertz CT molecular complexity index is 507. The summed E-state index contributed by atoms with van der Waals surface area (Å²) in [5, 5.41) is 0. The molecule has 1 heterocycles. The van der Waals surface area contributed by atoms with Gasteiger partial charge in [-0.25, -0.2) is 0 Å². The van der Waals surface area contributed by atoms with Gasteiger partial charge in [-0.05, 0) is 30.2 Å². The molecule has 0 aromatic heterocycles. The van der Waals surface area contributed by atoms with Crippen molar-refractivity contribution < 1.29 is 4.79 Å². The van der Waals surface area contributed by atoms with Gasteiger partial charge in [0.05, 0.1) is 5.92 Å². The lowest BCUT2D eigenvalue weighted by atomic mass is 9.73. The van der Waals surface area contributed by atoms with Crippen molar-refractivity contribution in [3.05, 3.63) is 35.9 Å². The SMILES string of the molecule is CC(C(=O)N1CCC2(CCCCC2)C1)C(N)c1ccccc1. The summed E-state index contributed by atoms with van der Waals surface area (Å²) in [6, 6.07) is 9.77. The Labute approximate surface area is 133 Å². The summed E-state index contributed by atoms with van der Waals surface area (Å²) in [4.78, 5) is 14.9. The summed E-state index contributed by atoms with van der Waals surface area (Å²) in [6.45, 7) is 3.86. The van der Waals surface area contributed by atoms with Gasteiger partial charge in [-0.1, -0.05) is 56.5 Å². The van der Waals surface area contributed by atoms with Gasteiger partial charge >= 0.3 is 0 Å². The number of hydrogen-bond donors (Lipinski definition) is 1. The molecule has 2 fully saturated rings. The highest BCUT2D eigenvalue weighted by molar-refractivity contribution is 5.79. The highest BCUT2D eigenvalue weighted by Crippen LogP contribution is 2.44. The highest BCUT2D eigenvalue weighted by atomic mass is 16.2. The monoisotopic (exact) mass is 300 g/mol. The van der Waals surface area contributed by atoms with Crippen LogP contribution in [0, 0.1) is 11.3 Å². The van der Waals surface area contributed by atoms with E-state index in [1.54, 1.807) is 0 Å². The number of carbonyl (C=O) groups is 1. The van der Waals surface area contributed by atoms with Gasteiger partial charge in [-0.15, -0.1) is 0 Å². The quantitative estimate of drug-likeness (QED) is 0.928. The highest BCUT2D eigenvalue weighted by Gasteiger charge is 2.41. The predicted molar refractivity (Wildman–Crippen MR) is 89.2 cm³/mol. The summed E-state index contributed by atoms with van der Waals surface area (Å²) in [7, 11) is 0. The third-order valence-corrected chi connectivity index (χ3v) is 5.78. The van der Waals surface area contributed by atoms with Crippen LogP contribution in [0.15, 0.2) is 30.3 Å². The van der Waals surface area contributed by atoms with Crippen LogP contribution in [0.4, 0.5) is 0 Å². The molecule has 1 saturated heterocycles. The lowest BCUT2D eigenvalue weighted by molar-refractivity contribution is -0.135. The van der Waals surface area contributed by atoms with E-state index in [4.69, 9.17) is 5.73 Å². The second-order valence-corrected chi connectivity index (χ2v) is 7.30. The van der Waals surface area contributed by atoms with Crippen molar-refractivity contribution in [1.82, 2.24) is 4.90 Å². The second kappa shape index (κ2) is 6.41. The zero-order valence-electron chi connectivity index (χ0n) is 13.6. The number of carbonyl (C=O) groups excluding carboxylic acids is 1. The molecule has 1 saturated carbocycles. The molecule has 0 bridgehead atoms. The van der Waals surface area contributed by atoms with E-state index in [1.165, 1.54) is 38.5 Å². The van der Waals surface area contributed by atoms with Crippen LogP contribution in [0.5, 0.6) is 0 Å². The van der Waals surface area contributed by atoms with E-state index in [1.807, 2.05) is 37.3 Å². The van der Waals surface area contributed by atoms with Gasteiger partial charge in [0.2, 0.25) is 5.91 Å². The van der Waals surface area contributed by atoms with Gasteiger partial charge < -0.3 is 10.6 Å². The summed E-state index contributed by atoms with van der Waals surface area (Å²) < 4.78 is 0. The molecule has 1 aliphatic carbocycles. The van der Waals surface area contributed by atoms with Crippen molar-refractivity contribution in [2.24, 2.45) is 17.1 Å². The Morgan fingerprint density at radius 3 is 2.50 bits per heavy atom. The molecule has 0 radical (unpaired) electrons. The van der Waals surface area contributed by atoms with Gasteiger partial charge in [0.1, 0.15) is 0 Å². The molecule has 2 atom stereocenters. The smallest absolute Gasteiger partial charge is 0.227 e. The second-order valence-electron chi connectivity index (χ2n) is 7.30. The van der Waals surface area contributed by atoms with Crippen molar-refractivity contribution >= 4 is 5.91 Å². The first-order valence-corrected chi connectivity index (χ1v) is 8.71. The summed E-state index contributed by atoms with van der Waals surface area (Å²) in [6.07, 6.45) is 7.82. The molecule has 3 nitrogen and oxygen atoms in total. The first kappa shape index (κ1) is 15.5. The first-order chi connectivity index (χ1) is 10.6. The van der Waals surface area contributed by atoms with Gasteiger partial charge in [-0.2, -0.15) is 0 Å². The fourth-order valence-corrected chi connectivity index (χ4v) is 4.24. The van der Waals surface area contributed by atoms with Gasteiger partial charge in [0, 0.05) is 19.1 Å². The molecular weight excluding hydrogens is 272 g/mol. The van der Waals surface area contributed by atoms with Crippen molar-refractivity contribution in [2.75, 3.05) is 13.1 Å². The maximum absolute atomic E-state index is 12.8. The van der Waals surface area contributed by atoms with E-state index >= 15 is 0 Å². The van der Waals surface area contributed by atoms with E-state index < -0.39 is 0 Å². The van der Waals surface area contributed by atoms with Crippen molar-refractivity contribution in [3.8, 4) is 0 Å². The van der Waals surface area contributed by atoms with Crippen LogP contribution in [0.25, 0.3) is 0 Å². The van der Waals surface area contributed by atoms with E-state index in [9.17, 15) is 4.79 Å². The van der Waals surface area contributed by atoms with Crippen molar-refractivity contribution in [1.29, 1.82) is 0 Å². The predicted octanol–water partition coefficient (Wildman–Crippen LogP) is 3.51. The normalized spacial score (nSPS) is 23.5. The van der Waals surface area contributed by atoms with Gasteiger partial charge in [0.15, 0.2) is 0 Å². The van der Waals surface area contributed by atoms with Crippen molar-refractivity contribution in [3.63, 3.8) is 0 Å². The molecule has 2 N–H and O–H groups in total. The van der Waals surface area contributed by atoms with E-state index in [0.29, 0.717) is 5.41 Å². The molecule has 2 unspecified atom stereocenters. The van der Waals surface area contributed by atoms with Gasteiger partial charge in [0.25, 0.3) is 0 Å². The number of nitrogens with two attached hydrogens (primary N) is 1. The zero-order chi connectivity index (χ0) is 15.6. The van der Waals surface area contributed by atoms with Gasteiger partial charge in [-0.3, -0.25) is 4.79 Å². The molecule has 3 rings (SSSR count). The minimum absolute atomic E-state index is 0.152. The molecule has 1 spiro atoms. The number of hydrogen-bond acceptors (Lipinski definition) is 2. The van der Waals surface area contributed by atoms with E-state index in [0.717, 1.165) is 18.7 Å². The molecule has 120 valence electrons. The average molecular weight is 300 g/mol. The lowest BCUT2D eigenvalue weighted by Crippen LogP contribution is -2.39. The Kier molecular flexibility index (Phi) is 4.53. The van der Waals surface area contributed by atoms with Crippen LogP contribution >= 0.6 is 0 Å². The van der Waals surface area contributed by atoms with Crippen LogP contribution in [-0.4, -0.2) is 23.9 Å². The standard InChI is InChI=1S/C19H28N2O/c1-15(17(20)16-8-4-2-5-9-16)18(22)21-13-12-19(14-21)10-6-3-7-11-19/h2,4-5,8-9,15,17H,3,6-7,10-14,20H2,1H3. The Morgan fingerprint density at radius 2 is 1.82 bits per heavy atom. The maximum atomic E-state index is 12.8. The number of benzene rings is 1. The molecule has 3 heteroatoms. The first-order valence-electron chi connectivity index (χ1n) is 8.71. The van der Waals surface area contributed by atoms with Crippen LogP contribution in [0.2, 0.25) is 0 Å². The third kappa shape index (κ3) is 3.05. The number of amides is 1. The Balaban J connectivity index is 1.64. The van der Waals surface area contributed by atoms with Crippen LogP contribution in [0.1, 0.15) is 57.1 Å². The fraction of sp³-hybridized carbons (Fsp3) is 0.632. The largest absolute Gasteiger partial charge is 0.342 e. The molecule has 22 heavy (non-hydrogen) atoms. The zero-order valence-corrected chi connectivity index (χ0v) is 13.6. The van der Waals surface area contributed by atoms with Crippen molar-refractivity contribution in [2.45, 2.75) is 51.5 Å². The maximum Gasteiger partial charge on any atom is 0.227 e.